The van der Waals surface area contributed by atoms with Crippen molar-refractivity contribution in [3.63, 3.8) is 0 Å². The molecule has 1 aromatic heterocycles. The Hall–Kier alpha value is -1.85. The van der Waals surface area contributed by atoms with Crippen LogP contribution in [0.2, 0.25) is 0 Å². The third-order valence-corrected chi connectivity index (χ3v) is 4.73. The zero-order valence-electron chi connectivity index (χ0n) is 13.0. The minimum Gasteiger partial charge on any atom is -0.343 e. The molecule has 0 saturated carbocycles. The third kappa shape index (κ3) is 3.48. The van der Waals surface area contributed by atoms with E-state index in [1.807, 2.05) is 15.9 Å². The smallest absolute Gasteiger partial charge is 0.222 e. The molecule has 3 rings (SSSR count). The molecule has 2 aliphatic heterocycles. The highest BCUT2D eigenvalue weighted by Crippen LogP contribution is 2.25. The fourth-order valence-electron chi connectivity index (χ4n) is 3.47. The highest BCUT2D eigenvalue weighted by molar-refractivity contribution is 5.78. The second kappa shape index (κ2) is 6.94. The van der Waals surface area contributed by atoms with Gasteiger partial charge in [-0.3, -0.25) is 14.7 Å². The van der Waals surface area contributed by atoms with Gasteiger partial charge in [0.05, 0.1) is 0 Å². The second-order valence-electron chi connectivity index (χ2n) is 6.28. The van der Waals surface area contributed by atoms with Gasteiger partial charge in [-0.15, -0.1) is 0 Å². The van der Waals surface area contributed by atoms with Crippen LogP contribution in [-0.2, 0) is 9.59 Å². The Morgan fingerprint density at radius 3 is 3.00 bits per heavy atom. The van der Waals surface area contributed by atoms with Gasteiger partial charge >= 0.3 is 0 Å². The SMILES string of the molecule is O=C1CCCN1CCCC(=O)N1CCC[C@@H](c2ccn[nH]2)C1. The summed E-state index contributed by atoms with van der Waals surface area (Å²) in [5.41, 5.74) is 1.13. The van der Waals surface area contributed by atoms with Crippen LogP contribution in [0.15, 0.2) is 12.3 Å². The number of carbonyl (C=O) groups excluding carboxylic acids is 2. The number of piperidine rings is 1. The van der Waals surface area contributed by atoms with E-state index >= 15 is 0 Å². The van der Waals surface area contributed by atoms with Crippen LogP contribution in [0.1, 0.15) is 50.1 Å². The molecule has 120 valence electrons. The molecule has 0 radical (unpaired) electrons. The minimum atomic E-state index is 0.218. The highest BCUT2D eigenvalue weighted by Gasteiger charge is 2.26. The van der Waals surface area contributed by atoms with Gasteiger partial charge in [-0.2, -0.15) is 5.10 Å². The molecule has 0 bridgehead atoms. The van der Waals surface area contributed by atoms with Gasteiger partial charge in [-0.05, 0) is 31.7 Å². The summed E-state index contributed by atoms with van der Waals surface area (Å²) in [5, 5.41) is 7.02. The molecule has 0 aromatic carbocycles. The molecule has 6 heteroatoms. The van der Waals surface area contributed by atoms with Crippen LogP contribution in [0.25, 0.3) is 0 Å². The number of amides is 2. The topological polar surface area (TPSA) is 69.3 Å². The van der Waals surface area contributed by atoms with E-state index in [9.17, 15) is 9.59 Å². The number of nitrogens with one attached hydrogen (secondary N) is 1. The normalized spacial score (nSPS) is 22.4. The first-order valence-electron chi connectivity index (χ1n) is 8.29. The monoisotopic (exact) mass is 304 g/mol. The Morgan fingerprint density at radius 2 is 2.27 bits per heavy atom. The molecule has 1 aromatic rings. The summed E-state index contributed by atoms with van der Waals surface area (Å²) in [6.45, 7) is 3.22. The molecule has 6 nitrogen and oxygen atoms in total. The van der Waals surface area contributed by atoms with E-state index in [0.717, 1.165) is 57.6 Å². The molecule has 2 fully saturated rings. The van der Waals surface area contributed by atoms with Crippen molar-refractivity contribution in [1.29, 1.82) is 0 Å². The number of aromatic amines is 1. The van der Waals surface area contributed by atoms with E-state index in [0.29, 0.717) is 18.8 Å². The Bertz CT molecular complexity index is 514. The van der Waals surface area contributed by atoms with Gasteiger partial charge in [0.1, 0.15) is 0 Å². The summed E-state index contributed by atoms with van der Waals surface area (Å²) in [6.07, 6.45) is 6.86. The molecular formula is C16H24N4O2. The minimum absolute atomic E-state index is 0.218. The lowest BCUT2D eigenvalue weighted by Crippen LogP contribution is -2.39. The standard InChI is InChI=1S/C16H24N4O2/c21-15-5-2-9-19(15)10-3-6-16(22)20-11-1-4-13(12-20)14-7-8-17-18-14/h7-8,13H,1-6,9-12H2,(H,17,18)/t13-/m1/s1. The van der Waals surface area contributed by atoms with Crippen LogP contribution in [0, 0.1) is 0 Å². The quantitative estimate of drug-likeness (QED) is 0.896. The maximum absolute atomic E-state index is 12.4. The second-order valence-corrected chi connectivity index (χ2v) is 6.28. The average molecular weight is 304 g/mol. The predicted octanol–water partition coefficient (Wildman–Crippen LogP) is 1.52. The molecule has 0 spiro atoms. The Morgan fingerprint density at radius 1 is 1.36 bits per heavy atom. The Balaban J connectivity index is 1.44. The van der Waals surface area contributed by atoms with Gasteiger partial charge in [0.25, 0.3) is 0 Å². The zero-order chi connectivity index (χ0) is 15.4. The number of hydrogen-bond donors (Lipinski definition) is 1. The molecule has 2 aliphatic rings. The van der Waals surface area contributed by atoms with Gasteiger partial charge in [0.2, 0.25) is 11.8 Å². The number of H-pyrrole nitrogens is 1. The number of aromatic nitrogens is 2. The average Bonchev–Trinajstić information content (AvgIpc) is 3.20. The molecule has 22 heavy (non-hydrogen) atoms. The van der Waals surface area contributed by atoms with E-state index < -0.39 is 0 Å². The van der Waals surface area contributed by atoms with E-state index in [1.54, 1.807) is 6.20 Å². The van der Waals surface area contributed by atoms with Crippen molar-refractivity contribution in [1.82, 2.24) is 20.0 Å². The molecule has 2 saturated heterocycles. The lowest BCUT2D eigenvalue weighted by atomic mass is 9.94. The lowest BCUT2D eigenvalue weighted by molar-refractivity contribution is -0.133. The molecule has 0 aliphatic carbocycles. The summed E-state index contributed by atoms with van der Waals surface area (Å²) in [5.74, 6) is 0.834. The van der Waals surface area contributed by atoms with Gasteiger partial charge in [-0.25, -0.2) is 0 Å². The fourth-order valence-corrected chi connectivity index (χ4v) is 3.47. The number of likely N-dealkylation sites (tertiary alicyclic amines) is 2. The molecule has 1 N–H and O–H groups in total. The zero-order valence-corrected chi connectivity index (χ0v) is 13.0. The molecule has 0 unspecified atom stereocenters. The maximum atomic E-state index is 12.4. The van der Waals surface area contributed by atoms with Crippen molar-refractivity contribution in [3.8, 4) is 0 Å². The van der Waals surface area contributed by atoms with Gasteiger partial charge in [0.15, 0.2) is 0 Å². The third-order valence-electron chi connectivity index (χ3n) is 4.73. The number of hydrogen-bond acceptors (Lipinski definition) is 3. The van der Waals surface area contributed by atoms with Crippen molar-refractivity contribution < 1.29 is 9.59 Å². The number of rotatable bonds is 5. The van der Waals surface area contributed by atoms with Crippen LogP contribution in [-0.4, -0.2) is 58.0 Å². The van der Waals surface area contributed by atoms with Crippen molar-refractivity contribution in [3.05, 3.63) is 18.0 Å². The largest absolute Gasteiger partial charge is 0.343 e. The summed E-state index contributed by atoms with van der Waals surface area (Å²) < 4.78 is 0. The van der Waals surface area contributed by atoms with E-state index in [1.165, 1.54) is 0 Å². The first kappa shape index (κ1) is 15.1. The number of carbonyl (C=O) groups is 2. The van der Waals surface area contributed by atoms with Crippen molar-refractivity contribution in [2.45, 2.75) is 44.4 Å². The van der Waals surface area contributed by atoms with Gasteiger partial charge < -0.3 is 9.80 Å². The summed E-state index contributed by atoms with van der Waals surface area (Å²) in [4.78, 5) is 27.8. The molecule has 1 atom stereocenters. The fraction of sp³-hybridized carbons (Fsp3) is 0.688. The Labute approximate surface area is 130 Å². The molecular weight excluding hydrogens is 280 g/mol. The summed E-state index contributed by atoms with van der Waals surface area (Å²) in [6, 6.07) is 2.00. The molecule has 2 amide bonds. The van der Waals surface area contributed by atoms with Crippen LogP contribution < -0.4 is 0 Å². The first-order chi connectivity index (χ1) is 10.7. The van der Waals surface area contributed by atoms with E-state index in [2.05, 4.69) is 10.2 Å². The number of nitrogens with zero attached hydrogens (tertiary/aromatic N) is 3. The van der Waals surface area contributed by atoms with Crippen molar-refractivity contribution in [2.75, 3.05) is 26.2 Å². The molecule has 3 heterocycles. The lowest BCUT2D eigenvalue weighted by Gasteiger charge is -2.32. The van der Waals surface area contributed by atoms with Gasteiger partial charge in [-0.1, -0.05) is 0 Å². The van der Waals surface area contributed by atoms with Crippen molar-refractivity contribution >= 4 is 11.8 Å². The van der Waals surface area contributed by atoms with Crippen LogP contribution >= 0.6 is 0 Å². The van der Waals surface area contributed by atoms with Crippen LogP contribution in [0.5, 0.6) is 0 Å². The predicted molar refractivity (Wildman–Crippen MR) is 82.2 cm³/mol. The van der Waals surface area contributed by atoms with E-state index in [4.69, 9.17) is 0 Å². The summed E-state index contributed by atoms with van der Waals surface area (Å²) in [7, 11) is 0. The van der Waals surface area contributed by atoms with E-state index in [-0.39, 0.29) is 11.8 Å². The highest BCUT2D eigenvalue weighted by atomic mass is 16.2. The van der Waals surface area contributed by atoms with Crippen LogP contribution in [0.3, 0.4) is 0 Å². The Kier molecular flexibility index (Phi) is 4.75. The maximum Gasteiger partial charge on any atom is 0.222 e. The van der Waals surface area contributed by atoms with Crippen LogP contribution in [0.4, 0.5) is 0 Å². The first-order valence-corrected chi connectivity index (χ1v) is 8.29. The summed E-state index contributed by atoms with van der Waals surface area (Å²) >= 11 is 0. The van der Waals surface area contributed by atoms with Gasteiger partial charge in [0, 0.05) is 56.8 Å². The van der Waals surface area contributed by atoms with Crippen molar-refractivity contribution in [2.24, 2.45) is 0 Å².